The van der Waals surface area contributed by atoms with Gasteiger partial charge in [-0.3, -0.25) is 0 Å². The molecule has 0 amide bonds. The van der Waals surface area contributed by atoms with Gasteiger partial charge in [0.05, 0.1) is 5.56 Å². The standard InChI is InChI=1S/C49H52N3/c1-33(2)41-23-17-24-42(34(3)4)47(41)51-45-27-15-16-28-46(45)52(48-43(35(5)6)25-18-26-44(48)36(7)8)49(51)37-29-31-40(32-30-37)50(38-19-11-9-12-20-38)39-21-13-10-14-22-39/h9-36H,1-8H3/q+1. The number of para-hydroxylation sites is 6. The monoisotopic (exact) mass is 682 g/mol. The van der Waals surface area contributed by atoms with Crippen molar-refractivity contribution in [1.29, 1.82) is 0 Å². The van der Waals surface area contributed by atoms with Gasteiger partial charge in [-0.1, -0.05) is 140 Å². The normalized spacial score (nSPS) is 11.8. The largest absolute Gasteiger partial charge is 0.311 e. The van der Waals surface area contributed by atoms with Crippen molar-refractivity contribution in [3.8, 4) is 22.8 Å². The van der Waals surface area contributed by atoms with Gasteiger partial charge < -0.3 is 4.90 Å². The van der Waals surface area contributed by atoms with E-state index in [-0.39, 0.29) is 0 Å². The number of hydrogen-bond donors (Lipinski definition) is 0. The first kappa shape index (κ1) is 35.0. The lowest BCUT2D eigenvalue weighted by atomic mass is 9.92. The third kappa shape index (κ3) is 6.34. The van der Waals surface area contributed by atoms with E-state index in [0.717, 1.165) is 17.1 Å². The topological polar surface area (TPSA) is 12.1 Å². The highest BCUT2D eigenvalue weighted by Gasteiger charge is 2.35. The molecule has 1 heterocycles. The lowest BCUT2D eigenvalue weighted by Gasteiger charge is -2.25. The molecule has 0 saturated heterocycles. The highest BCUT2D eigenvalue weighted by atomic mass is 15.2. The second-order valence-corrected chi connectivity index (χ2v) is 15.2. The van der Waals surface area contributed by atoms with E-state index in [0.29, 0.717) is 23.7 Å². The molecule has 3 nitrogen and oxygen atoms in total. The molecule has 1 aromatic heterocycles. The number of anilines is 3. The molecule has 0 aliphatic rings. The molecule has 0 N–H and O–H groups in total. The van der Waals surface area contributed by atoms with Crippen LogP contribution in [0.1, 0.15) is 101 Å². The smallest absolute Gasteiger partial charge is 0.300 e. The first-order valence-corrected chi connectivity index (χ1v) is 19.0. The molecule has 0 aliphatic carbocycles. The molecule has 6 aromatic carbocycles. The molecule has 3 heteroatoms. The van der Waals surface area contributed by atoms with Crippen molar-refractivity contribution in [1.82, 2.24) is 4.57 Å². The number of imidazole rings is 1. The summed E-state index contributed by atoms with van der Waals surface area (Å²) in [5.74, 6) is 2.55. The Morgan fingerprint density at radius 3 is 1.33 bits per heavy atom. The van der Waals surface area contributed by atoms with Crippen molar-refractivity contribution in [2.24, 2.45) is 0 Å². The van der Waals surface area contributed by atoms with Gasteiger partial charge in [0, 0.05) is 39.3 Å². The van der Waals surface area contributed by atoms with Crippen LogP contribution in [-0.4, -0.2) is 4.57 Å². The molecule has 0 saturated carbocycles. The van der Waals surface area contributed by atoms with Gasteiger partial charge in [-0.05, 0) is 84.3 Å². The van der Waals surface area contributed by atoms with E-state index < -0.39 is 0 Å². The predicted octanol–water partition coefficient (Wildman–Crippen LogP) is 13.5. The van der Waals surface area contributed by atoms with E-state index >= 15 is 0 Å². The summed E-state index contributed by atoms with van der Waals surface area (Å²) >= 11 is 0. The zero-order chi connectivity index (χ0) is 36.5. The number of benzene rings is 6. The highest BCUT2D eigenvalue weighted by molar-refractivity contribution is 5.83. The van der Waals surface area contributed by atoms with Gasteiger partial charge >= 0.3 is 0 Å². The van der Waals surface area contributed by atoms with E-state index in [9.17, 15) is 0 Å². The third-order valence-electron chi connectivity index (χ3n) is 10.3. The van der Waals surface area contributed by atoms with Crippen LogP contribution in [0.4, 0.5) is 17.1 Å². The van der Waals surface area contributed by atoms with Gasteiger partial charge in [0.2, 0.25) is 0 Å². The summed E-state index contributed by atoms with van der Waals surface area (Å²) in [7, 11) is 0. The third-order valence-corrected chi connectivity index (χ3v) is 10.3. The molecule has 7 rings (SSSR count). The van der Waals surface area contributed by atoms with Crippen LogP contribution in [0.2, 0.25) is 0 Å². The summed E-state index contributed by atoms with van der Waals surface area (Å²) in [6.07, 6.45) is 0. The van der Waals surface area contributed by atoms with Crippen molar-refractivity contribution in [3.05, 3.63) is 168 Å². The van der Waals surface area contributed by atoms with Crippen LogP contribution in [0.3, 0.4) is 0 Å². The fourth-order valence-corrected chi connectivity index (χ4v) is 7.78. The highest BCUT2D eigenvalue weighted by Crippen LogP contribution is 2.40. The van der Waals surface area contributed by atoms with E-state index in [2.05, 4.69) is 215 Å². The molecule has 0 fully saturated rings. The first-order valence-electron chi connectivity index (χ1n) is 19.0. The van der Waals surface area contributed by atoms with Crippen molar-refractivity contribution in [2.75, 3.05) is 4.90 Å². The van der Waals surface area contributed by atoms with Gasteiger partial charge in [-0.2, -0.15) is 9.13 Å². The molecular formula is C49H52N3+. The van der Waals surface area contributed by atoms with E-state index in [1.165, 1.54) is 56.0 Å². The first-order chi connectivity index (χ1) is 25.2. The zero-order valence-corrected chi connectivity index (χ0v) is 32.0. The van der Waals surface area contributed by atoms with E-state index in [4.69, 9.17) is 0 Å². The van der Waals surface area contributed by atoms with Crippen LogP contribution >= 0.6 is 0 Å². The summed E-state index contributed by atoms with van der Waals surface area (Å²) in [5, 5.41) is 0. The molecule has 0 radical (unpaired) electrons. The molecular weight excluding hydrogens is 631 g/mol. The minimum Gasteiger partial charge on any atom is -0.311 e. The number of hydrogen-bond acceptors (Lipinski definition) is 1. The van der Waals surface area contributed by atoms with Crippen LogP contribution in [-0.2, 0) is 0 Å². The maximum Gasteiger partial charge on any atom is 0.300 e. The molecule has 7 aromatic rings. The van der Waals surface area contributed by atoms with Gasteiger partial charge in [0.1, 0.15) is 11.4 Å². The van der Waals surface area contributed by atoms with Gasteiger partial charge in [-0.25, -0.2) is 0 Å². The summed E-state index contributed by atoms with van der Waals surface area (Å²) in [6.45, 7) is 18.6. The van der Waals surface area contributed by atoms with E-state index in [1.54, 1.807) is 0 Å². The Bertz CT molecular complexity index is 2100. The molecule has 262 valence electrons. The van der Waals surface area contributed by atoms with Crippen LogP contribution in [0.25, 0.3) is 33.8 Å². The maximum absolute atomic E-state index is 2.59. The fourth-order valence-electron chi connectivity index (χ4n) is 7.78. The lowest BCUT2D eigenvalue weighted by molar-refractivity contribution is -0.556. The summed E-state index contributed by atoms with van der Waals surface area (Å²) in [5.41, 5.74) is 15.0. The Balaban J connectivity index is 1.60. The molecule has 0 unspecified atom stereocenters. The lowest BCUT2D eigenvalue weighted by Crippen LogP contribution is -2.36. The van der Waals surface area contributed by atoms with Gasteiger partial charge in [-0.15, -0.1) is 0 Å². The molecule has 0 bridgehead atoms. The molecule has 0 atom stereocenters. The van der Waals surface area contributed by atoms with Gasteiger partial charge in [0.15, 0.2) is 11.0 Å². The predicted molar refractivity (Wildman–Crippen MR) is 221 cm³/mol. The number of rotatable bonds is 10. The Kier molecular flexibility index (Phi) is 9.88. The van der Waals surface area contributed by atoms with Crippen LogP contribution < -0.4 is 9.47 Å². The van der Waals surface area contributed by atoms with Crippen LogP contribution in [0, 0.1) is 0 Å². The van der Waals surface area contributed by atoms with Gasteiger partial charge in [0.25, 0.3) is 5.82 Å². The zero-order valence-electron chi connectivity index (χ0n) is 32.0. The maximum atomic E-state index is 2.59. The fraction of sp³-hybridized carbons (Fsp3) is 0.245. The SMILES string of the molecule is CC(C)c1cccc(C(C)C)c1-n1c(-c2ccc(N(c3ccccc3)c3ccccc3)cc2)[n+](-c2c(C(C)C)cccc2C(C)C)c2ccccc21. The molecule has 52 heavy (non-hydrogen) atoms. The van der Waals surface area contributed by atoms with Crippen LogP contribution in [0.15, 0.2) is 146 Å². The summed E-state index contributed by atoms with van der Waals surface area (Å²) in [4.78, 5) is 2.34. The Hall–Kier alpha value is -5.41. The average Bonchev–Trinajstić information content (AvgIpc) is 3.50. The second-order valence-electron chi connectivity index (χ2n) is 15.2. The summed E-state index contributed by atoms with van der Waals surface area (Å²) < 4.78 is 5.17. The minimum atomic E-state index is 0.345. The quantitative estimate of drug-likeness (QED) is 0.131. The average molecular weight is 683 g/mol. The van der Waals surface area contributed by atoms with Crippen molar-refractivity contribution < 1.29 is 4.57 Å². The second kappa shape index (κ2) is 14.7. The van der Waals surface area contributed by atoms with Crippen LogP contribution in [0.5, 0.6) is 0 Å². The Morgan fingerprint density at radius 2 is 0.846 bits per heavy atom. The van der Waals surface area contributed by atoms with Crippen molar-refractivity contribution in [3.63, 3.8) is 0 Å². The van der Waals surface area contributed by atoms with Crippen molar-refractivity contribution >= 4 is 28.1 Å². The Morgan fingerprint density at radius 1 is 0.423 bits per heavy atom. The summed E-state index contributed by atoms with van der Waals surface area (Å²) in [6, 6.07) is 53.4. The Labute approximate surface area is 310 Å². The molecule has 0 aliphatic heterocycles. The number of fused-ring (bicyclic) bond motifs is 1. The van der Waals surface area contributed by atoms with E-state index in [1.807, 2.05) is 0 Å². The van der Waals surface area contributed by atoms with Crippen molar-refractivity contribution in [2.45, 2.75) is 79.1 Å². The minimum absolute atomic E-state index is 0.345. The number of nitrogens with zero attached hydrogens (tertiary/aromatic N) is 3. The molecule has 0 spiro atoms. The number of aromatic nitrogens is 2.